The van der Waals surface area contributed by atoms with Gasteiger partial charge in [0.25, 0.3) is 0 Å². The van der Waals surface area contributed by atoms with Crippen molar-refractivity contribution in [3.63, 3.8) is 0 Å². The number of halogens is 1. The molecule has 6 heteroatoms. The molecule has 1 aromatic carbocycles. The number of carbonyl (C=O) groups is 1. The van der Waals surface area contributed by atoms with Crippen LogP contribution in [0, 0.1) is 13.8 Å². The molecular formula is C14H17ClN4O. The van der Waals surface area contributed by atoms with Gasteiger partial charge in [-0.1, -0.05) is 35.9 Å². The molecule has 0 fully saturated rings. The number of nitrogens with one attached hydrogen (secondary N) is 1. The lowest BCUT2D eigenvalue weighted by atomic mass is 10.0. The van der Waals surface area contributed by atoms with E-state index in [0.29, 0.717) is 11.6 Å². The summed E-state index contributed by atoms with van der Waals surface area (Å²) in [4.78, 5) is 11.4. The van der Waals surface area contributed by atoms with E-state index < -0.39 is 0 Å². The van der Waals surface area contributed by atoms with Crippen molar-refractivity contribution in [1.82, 2.24) is 15.2 Å². The second kappa shape index (κ2) is 6.07. The average molecular weight is 293 g/mol. The minimum absolute atomic E-state index is 0.219. The SMILES string of the molecule is Cc1nn(Cc2ccccc2CC(=O)NN)c(C)c1Cl. The molecule has 0 bridgehead atoms. The van der Waals surface area contributed by atoms with E-state index in [4.69, 9.17) is 17.4 Å². The summed E-state index contributed by atoms with van der Waals surface area (Å²) in [6.07, 6.45) is 0.250. The Bertz CT molecular complexity index is 636. The highest BCUT2D eigenvalue weighted by molar-refractivity contribution is 6.31. The number of nitrogens with zero attached hydrogens (tertiary/aromatic N) is 2. The van der Waals surface area contributed by atoms with E-state index in [1.54, 1.807) is 0 Å². The Labute approximate surface area is 122 Å². The van der Waals surface area contributed by atoms with Gasteiger partial charge in [0.2, 0.25) is 5.91 Å². The van der Waals surface area contributed by atoms with Crippen molar-refractivity contribution in [2.45, 2.75) is 26.8 Å². The average Bonchev–Trinajstić information content (AvgIpc) is 2.68. The van der Waals surface area contributed by atoms with Gasteiger partial charge >= 0.3 is 0 Å². The molecule has 1 heterocycles. The van der Waals surface area contributed by atoms with Crippen LogP contribution in [0.5, 0.6) is 0 Å². The molecule has 0 saturated carbocycles. The van der Waals surface area contributed by atoms with Gasteiger partial charge in [-0.15, -0.1) is 0 Å². The summed E-state index contributed by atoms with van der Waals surface area (Å²) in [5, 5.41) is 5.09. The summed E-state index contributed by atoms with van der Waals surface area (Å²) in [5.41, 5.74) is 5.83. The van der Waals surface area contributed by atoms with Crippen molar-refractivity contribution in [2.24, 2.45) is 5.84 Å². The van der Waals surface area contributed by atoms with Crippen LogP contribution >= 0.6 is 11.6 Å². The first-order valence-electron chi connectivity index (χ1n) is 6.28. The van der Waals surface area contributed by atoms with E-state index in [2.05, 4.69) is 10.5 Å². The molecule has 0 aliphatic carbocycles. The first kappa shape index (κ1) is 14.6. The number of aryl methyl sites for hydroxylation is 1. The van der Waals surface area contributed by atoms with Crippen LogP contribution in [-0.4, -0.2) is 15.7 Å². The molecule has 0 radical (unpaired) electrons. The van der Waals surface area contributed by atoms with Crippen LogP contribution in [0.4, 0.5) is 0 Å². The standard InChI is InChI=1S/C14H17ClN4O/c1-9-14(15)10(2)19(18-9)8-12-6-4-3-5-11(12)7-13(20)17-16/h3-6H,7-8,16H2,1-2H3,(H,17,20). The second-order valence-corrected chi connectivity index (χ2v) is 5.03. The Morgan fingerprint density at radius 3 is 2.55 bits per heavy atom. The summed E-state index contributed by atoms with van der Waals surface area (Å²) in [5.74, 6) is 4.92. The number of hydrogen-bond donors (Lipinski definition) is 2. The molecule has 0 aliphatic rings. The van der Waals surface area contributed by atoms with Crippen molar-refractivity contribution in [2.75, 3.05) is 0 Å². The van der Waals surface area contributed by atoms with Gasteiger partial charge in [0.05, 0.1) is 29.4 Å². The maximum atomic E-state index is 11.4. The van der Waals surface area contributed by atoms with Crippen LogP contribution in [0.15, 0.2) is 24.3 Å². The lowest BCUT2D eigenvalue weighted by molar-refractivity contribution is -0.120. The van der Waals surface area contributed by atoms with E-state index in [9.17, 15) is 4.79 Å². The molecule has 0 saturated heterocycles. The lowest BCUT2D eigenvalue weighted by Crippen LogP contribution is -2.31. The van der Waals surface area contributed by atoms with E-state index >= 15 is 0 Å². The lowest BCUT2D eigenvalue weighted by Gasteiger charge is -2.10. The summed E-state index contributed by atoms with van der Waals surface area (Å²) in [6.45, 7) is 4.38. The van der Waals surface area contributed by atoms with Gasteiger partial charge in [-0.25, -0.2) is 5.84 Å². The molecule has 3 N–H and O–H groups in total. The van der Waals surface area contributed by atoms with Gasteiger partial charge in [0.1, 0.15) is 0 Å². The predicted octanol–water partition coefficient (Wildman–Crippen LogP) is 1.73. The summed E-state index contributed by atoms with van der Waals surface area (Å²) < 4.78 is 1.84. The fraction of sp³-hybridized carbons (Fsp3) is 0.286. The number of nitrogens with two attached hydrogens (primary N) is 1. The highest BCUT2D eigenvalue weighted by Crippen LogP contribution is 2.20. The molecule has 0 aliphatic heterocycles. The molecule has 20 heavy (non-hydrogen) atoms. The third-order valence-electron chi connectivity index (χ3n) is 3.24. The van der Waals surface area contributed by atoms with Gasteiger partial charge in [-0.05, 0) is 25.0 Å². The number of amides is 1. The highest BCUT2D eigenvalue weighted by Gasteiger charge is 2.12. The van der Waals surface area contributed by atoms with Gasteiger partial charge in [-0.3, -0.25) is 14.9 Å². The summed E-state index contributed by atoms with van der Waals surface area (Å²) in [6, 6.07) is 7.73. The smallest absolute Gasteiger partial charge is 0.238 e. The molecule has 2 rings (SSSR count). The van der Waals surface area contributed by atoms with Crippen molar-refractivity contribution in [1.29, 1.82) is 0 Å². The van der Waals surface area contributed by atoms with Crippen LogP contribution in [-0.2, 0) is 17.8 Å². The fourth-order valence-corrected chi connectivity index (χ4v) is 2.23. The van der Waals surface area contributed by atoms with E-state index in [1.165, 1.54) is 0 Å². The molecule has 1 amide bonds. The normalized spacial score (nSPS) is 10.6. The second-order valence-electron chi connectivity index (χ2n) is 4.66. The summed E-state index contributed by atoms with van der Waals surface area (Å²) in [7, 11) is 0. The van der Waals surface area contributed by atoms with Crippen molar-refractivity contribution >= 4 is 17.5 Å². The van der Waals surface area contributed by atoms with Crippen LogP contribution in [0.25, 0.3) is 0 Å². The molecule has 0 unspecified atom stereocenters. The highest BCUT2D eigenvalue weighted by atomic mass is 35.5. The topological polar surface area (TPSA) is 72.9 Å². The van der Waals surface area contributed by atoms with Gasteiger partial charge in [0.15, 0.2) is 0 Å². The molecule has 0 spiro atoms. The summed E-state index contributed by atoms with van der Waals surface area (Å²) >= 11 is 6.15. The van der Waals surface area contributed by atoms with E-state index in [1.807, 2.05) is 42.8 Å². The number of carbonyl (C=O) groups excluding carboxylic acids is 1. The monoisotopic (exact) mass is 292 g/mol. The first-order chi connectivity index (χ1) is 9.52. The number of benzene rings is 1. The van der Waals surface area contributed by atoms with Crippen LogP contribution in [0.2, 0.25) is 5.02 Å². The zero-order valence-corrected chi connectivity index (χ0v) is 12.2. The van der Waals surface area contributed by atoms with E-state index in [-0.39, 0.29) is 12.3 Å². The number of hydrogen-bond acceptors (Lipinski definition) is 3. The van der Waals surface area contributed by atoms with Crippen molar-refractivity contribution in [3.05, 3.63) is 51.8 Å². The van der Waals surface area contributed by atoms with Crippen LogP contribution in [0.3, 0.4) is 0 Å². The predicted molar refractivity (Wildman–Crippen MR) is 78.3 cm³/mol. The van der Waals surface area contributed by atoms with Gasteiger partial charge < -0.3 is 0 Å². The quantitative estimate of drug-likeness (QED) is 0.512. The molecular weight excluding hydrogens is 276 g/mol. The molecule has 2 aromatic rings. The Morgan fingerprint density at radius 1 is 1.35 bits per heavy atom. The maximum absolute atomic E-state index is 11.4. The Kier molecular flexibility index (Phi) is 4.42. The van der Waals surface area contributed by atoms with Gasteiger partial charge in [-0.2, -0.15) is 5.10 Å². The fourth-order valence-electron chi connectivity index (χ4n) is 2.10. The number of hydrazine groups is 1. The van der Waals surface area contributed by atoms with Crippen molar-refractivity contribution in [3.8, 4) is 0 Å². The van der Waals surface area contributed by atoms with Gasteiger partial charge in [0, 0.05) is 0 Å². The Balaban J connectivity index is 2.29. The Morgan fingerprint density at radius 2 is 2.00 bits per heavy atom. The third kappa shape index (κ3) is 3.00. The minimum atomic E-state index is -0.219. The molecule has 1 aromatic heterocycles. The largest absolute Gasteiger partial charge is 0.294 e. The first-order valence-corrected chi connectivity index (χ1v) is 6.66. The van der Waals surface area contributed by atoms with Crippen molar-refractivity contribution < 1.29 is 4.79 Å². The van der Waals surface area contributed by atoms with Crippen LogP contribution in [0.1, 0.15) is 22.5 Å². The molecule has 0 atom stereocenters. The zero-order chi connectivity index (χ0) is 14.7. The van der Waals surface area contributed by atoms with E-state index in [0.717, 1.165) is 22.5 Å². The third-order valence-corrected chi connectivity index (χ3v) is 3.79. The molecule has 106 valence electrons. The minimum Gasteiger partial charge on any atom is -0.294 e. The maximum Gasteiger partial charge on any atom is 0.238 e. The van der Waals surface area contributed by atoms with Crippen LogP contribution < -0.4 is 11.3 Å². The number of aromatic nitrogens is 2. The number of rotatable bonds is 4. The zero-order valence-electron chi connectivity index (χ0n) is 11.5. The molecule has 5 nitrogen and oxygen atoms in total. The Hall–Kier alpha value is -1.85.